The third kappa shape index (κ3) is 2.85. The van der Waals surface area contributed by atoms with Gasteiger partial charge in [0.25, 0.3) is 0 Å². The highest BCUT2D eigenvalue weighted by Gasteiger charge is 2.26. The van der Waals surface area contributed by atoms with Crippen molar-refractivity contribution in [3.05, 3.63) is 19.0 Å². The molecule has 1 aliphatic rings. The fourth-order valence-corrected chi connectivity index (χ4v) is 2.12. The van der Waals surface area contributed by atoms with Gasteiger partial charge in [0.1, 0.15) is 6.33 Å². The van der Waals surface area contributed by atoms with Crippen LogP contribution in [0.4, 0.5) is 0 Å². The van der Waals surface area contributed by atoms with Gasteiger partial charge in [-0.25, -0.2) is 0 Å². The molecule has 0 atom stereocenters. The van der Waals surface area contributed by atoms with E-state index in [-0.39, 0.29) is 5.91 Å². The minimum Gasteiger partial charge on any atom is -0.352 e. The maximum atomic E-state index is 11.4. The Morgan fingerprint density at radius 2 is 2.56 bits per heavy atom. The van der Waals surface area contributed by atoms with E-state index in [1.165, 1.54) is 24.6 Å². The van der Waals surface area contributed by atoms with Crippen LogP contribution >= 0.6 is 11.8 Å². The van der Waals surface area contributed by atoms with Crippen molar-refractivity contribution in [3.8, 4) is 0 Å². The summed E-state index contributed by atoms with van der Waals surface area (Å²) in [5.74, 6) is 0.370. The van der Waals surface area contributed by atoms with Crippen LogP contribution in [0.15, 0.2) is 24.1 Å². The SMILES string of the molecule is C=CCNC(=O)CSc1nncn1C1CC1. The summed E-state index contributed by atoms with van der Waals surface area (Å²) in [6.07, 6.45) is 5.78. The summed E-state index contributed by atoms with van der Waals surface area (Å²) in [5, 5.41) is 11.4. The van der Waals surface area contributed by atoms with Crippen molar-refractivity contribution in [2.45, 2.75) is 24.0 Å². The minimum atomic E-state index is -0.00440. The molecule has 1 N–H and O–H groups in total. The molecule has 5 nitrogen and oxygen atoms in total. The monoisotopic (exact) mass is 238 g/mol. The summed E-state index contributed by atoms with van der Waals surface area (Å²) >= 11 is 1.42. The van der Waals surface area contributed by atoms with Crippen molar-refractivity contribution in [1.29, 1.82) is 0 Å². The third-order valence-electron chi connectivity index (χ3n) is 2.26. The molecular formula is C10H14N4OS. The van der Waals surface area contributed by atoms with E-state index in [0.29, 0.717) is 18.3 Å². The van der Waals surface area contributed by atoms with Gasteiger partial charge >= 0.3 is 0 Å². The first kappa shape index (κ1) is 11.2. The van der Waals surface area contributed by atoms with Crippen LogP contribution in [-0.4, -0.2) is 33.0 Å². The molecular weight excluding hydrogens is 224 g/mol. The molecule has 16 heavy (non-hydrogen) atoms. The Morgan fingerprint density at radius 3 is 3.25 bits per heavy atom. The summed E-state index contributed by atoms with van der Waals surface area (Å²) in [5.41, 5.74) is 0. The van der Waals surface area contributed by atoms with E-state index in [9.17, 15) is 4.79 Å². The molecule has 0 aliphatic heterocycles. The number of nitrogens with one attached hydrogen (secondary N) is 1. The smallest absolute Gasteiger partial charge is 0.230 e. The number of aromatic nitrogens is 3. The van der Waals surface area contributed by atoms with E-state index in [0.717, 1.165) is 5.16 Å². The van der Waals surface area contributed by atoms with Crippen LogP contribution in [0.2, 0.25) is 0 Å². The first-order valence-corrected chi connectivity index (χ1v) is 6.19. The second kappa shape index (κ2) is 5.16. The normalized spacial score (nSPS) is 14.8. The van der Waals surface area contributed by atoms with Gasteiger partial charge in [-0.3, -0.25) is 4.79 Å². The van der Waals surface area contributed by atoms with Crippen molar-refractivity contribution < 1.29 is 4.79 Å². The molecule has 2 rings (SSSR count). The highest BCUT2D eigenvalue weighted by molar-refractivity contribution is 7.99. The van der Waals surface area contributed by atoms with Crippen LogP contribution in [0.5, 0.6) is 0 Å². The minimum absolute atomic E-state index is 0.00440. The van der Waals surface area contributed by atoms with Crippen molar-refractivity contribution >= 4 is 17.7 Å². The maximum Gasteiger partial charge on any atom is 0.230 e. The number of amides is 1. The lowest BCUT2D eigenvalue weighted by Gasteiger charge is -2.04. The Labute approximate surface area is 98.3 Å². The lowest BCUT2D eigenvalue weighted by Crippen LogP contribution is -2.25. The zero-order valence-electron chi connectivity index (χ0n) is 8.93. The number of carbonyl (C=O) groups excluding carboxylic acids is 1. The lowest BCUT2D eigenvalue weighted by atomic mass is 10.6. The molecule has 0 unspecified atom stereocenters. The zero-order chi connectivity index (χ0) is 11.4. The van der Waals surface area contributed by atoms with Gasteiger partial charge in [-0.1, -0.05) is 17.8 Å². The van der Waals surface area contributed by atoms with E-state index in [1.807, 2.05) is 4.57 Å². The maximum absolute atomic E-state index is 11.4. The largest absolute Gasteiger partial charge is 0.352 e. The first-order chi connectivity index (χ1) is 7.81. The Bertz CT molecular complexity index is 386. The lowest BCUT2D eigenvalue weighted by molar-refractivity contribution is -0.118. The Balaban J connectivity index is 1.82. The fourth-order valence-electron chi connectivity index (χ4n) is 1.31. The van der Waals surface area contributed by atoms with Crippen LogP contribution in [-0.2, 0) is 4.79 Å². The molecule has 1 heterocycles. The van der Waals surface area contributed by atoms with E-state index in [4.69, 9.17) is 0 Å². The number of thioether (sulfide) groups is 1. The van der Waals surface area contributed by atoms with Crippen molar-refractivity contribution in [2.24, 2.45) is 0 Å². The second-order valence-electron chi connectivity index (χ2n) is 3.63. The van der Waals surface area contributed by atoms with Gasteiger partial charge < -0.3 is 9.88 Å². The van der Waals surface area contributed by atoms with Crippen molar-refractivity contribution in [1.82, 2.24) is 20.1 Å². The zero-order valence-corrected chi connectivity index (χ0v) is 9.74. The van der Waals surface area contributed by atoms with E-state index in [2.05, 4.69) is 22.1 Å². The Hall–Kier alpha value is -1.30. The molecule has 1 saturated carbocycles. The number of nitrogens with zero attached hydrogens (tertiary/aromatic N) is 3. The van der Waals surface area contributed by atoms with Gasteiger partial charge in [0.2, 0.25) is 5.91 Å². The highest BCUT2D eigenvalue weighted by atomic mass is 32.2. The molecule has 0 aromatic carbocycles. The molecule has 1 aliphatic carbocycles. The van der Waals surface area contributed by atoms with Gasteiger partial charge in [-0.15, -0.1) is 16.8 Å². The predicted octanol–water partition coefficient (Wildman–Crippen LogP) is 1.01. The van der Waals surface area contributed by atoms with Gasteiger partial charge in [0.05, 0.1) is 5.75 Å². The Kier molecular flexibility index (Phi) is 3.61. The summed E-state index contributed by atoms with van der Waals surface area (Å²) < 4.78 is 2.05. The summed E-state index contributed by atoms with van der Waals surface area (Å²) in [6.45, 7) is 4.05. The topological polar surface area (TPSA) is 59.8 Å². The summed E-state index contributed by atoms with van der Waals surface area (Å²) in [4.78, 5) is 11.4. The standard InChI is InChI=1S/C10H14N4OS/c1-2-5-11-9(15)6-16-10-13-12-7-14(10)8-3-4-8/h2,7-8H,1,3-6H2,(H,11,15). The highest BCUT2D eigenvalue weighted by Crippen LogP contribution is 2.37. The van der Waals surface area contributed by atoms with E-state index in [1.54, 1.807) is 12.4 Å². The molecule has 86 valence electrons. The first-order valence-electron chi connectivity index (χ1n) is 5.21. The van der Waals surface area contributed by atoms with Gasteiger partial charge in [-0.05, 0) is 12.8 Å². The van der Waals surface area contributed by atoms with Gasteiger partial charge in [-0.2, -0.15) is 0 Å². The molecule has 0 radical (unpaired) electrons. The molecule has 1 amide bonds. The quantitative estimate of drug-likeness (QED) is 0.593. The van der Waals surface area contributed by atoms with Crippen molar-refractivity contribution in [3.63, 3.8) is 0 Å². The van der Waals surface area contributed by atoms with Crippen LogP contribution in [0, 0.1) is 0 Å². The third-order valence-corrected chi connectivity index (χ3v) is 3.21. The molecule has 6 heteroatoms. The summed E-state index contributed by atoms with van der Waals surface area (Å²) in [6, 6.07) is 0.550. The van der Waals surface area contributed by atoms with Gasteiger partial charge in [0, 0.05) is 12.6 Å². The molecule has 1 aromatic rings. The molecule has 1 fully saturated rings. The average Bonchev–Trinajstić information content (AvgIpc) is 3.03. The number of hydrogen-bond donors (Lipinski definition) is 1. The van der Waals surface area contributed by atoms with Crippen LogP contribution in [0.25, 0.3) is 0 Å². The second-order valence-corrected chi connectivity index (χ2v) is 4.58. The van der Waals surface area contributed by atoms with E-state index < -0.39 is 0 Å². The van der Waals surface area contributed by atoms with Crippen LogP contribution in [0.1, 0.15) is 18.9 Å². The molecule has 0 spiro atoms. The van der Waals surface area contributed by atoms with Crippen LogP contribution in [0.3, 0.4) is 0 Å². The number of hydrogen-bond acceptors (Lipinski definition) is 4. The summed E-state index contributed by atoms with van der Waals surface area (Å²) in [7, 11) is 0. The number of rotatable bonds is 6. The number of carbonyl (C=O) groups is 1. The van der Waals surface area contributed by atoms with Crippen molar-refractivity contribution in [2.75, 3.05) is 12.3 Å². The Morgan fingerprint density at radius 1 is 1.75 bits per heavy atom. The fraction of sp³-hybridized carbons (Fsp3) is 0.500. The predicted molar refractivity (Wildman–Crippen MR) is 62.2 cm³/mol. The molecule has 0 saturated heterocycles. The van der Waals surface area contributed by atoms with E-state index >= 15 is 0 Å². The molecule has 1 aromatic heterocycles. The van der Waals surface area contributed by atoms with Gasteiger partial charge in [0.15, 0.2) is 5.16 Å². The molecule has 0 bridgehead atoms. The average molecular weight is 238 g/mol. The van der Waals surface area contributed by atoms with Crippen LogP contribution < -0.4 is 5.32 Å².